The van der Waals surface area contributed by atoms with Crippen LogP contribution in [0.15, 0.2) is 0 Å². The third kappa shape index (κ3) is 28.4. The zero-order valence-corrected chi connectivity index (χ0v) is 17.1. The Morgan fingerprint density at radius 2 is 1.44 bits per heavy atom. The maximum absolute atomic E-state index is 10.4. The number of rotatable bonds is 13. The van der Waals surface area contributed by atoms with E-state index in [4.69, 9.17) is 9.66 Å². The molecule has 0 saturated carbocycles. The van der Waals surface area contributed by atoms with E-state index in [0.29, 0.717) is 17.4 Å². The van der Waals surface area contributed by atoms with Gasteiger partial charge in [-0.15, -0.1) is 0 Å². The van der Waals surface area contributed by atoms with Gasteiger partial charge in [0.05, 0.1) is 26.9 Å². The van der Waals surface area contributed by atoms with Crippen LogP contribution in [0.3, 0.4) is 0 Å². The van der Waals surface area contributed by atoms with Crippen molar-refractivity contribution in [1.29, 1.82) is 0 Å². The van der Waals surface area contributed by atoms with Crippen molar-refractivity contribution >= 4 is 16.1 Å². The summed E-state index contributed by atoms with van der Waals surface area (Å²) in [6.07, 6.45) is 7.76. The van der Waals surface area contributed by atoms with Crippen molar-refractivity contribution in [2.45, 2.75) is 70.8 Å². The molecule has 7 nitrogen and oxygen atoms in total. The van der Waals surface area contributed by atoms with E-state index in [1.54, 1.807) is 0 Å². The monoisotopic (exact) mass is 383 g/mol. The van der Waals surface area contributed by atoms with E-state index in [1.807, 2.05) is 21.1 Å². The fraction of sp³-hybridized carbons (Fsp3) is 0.941. The quantitative estimate of drug-likeness (QED) is 0.281. The highest BCUT2D eigenvalue weighted by Gasteiger charge is 2.14. The van der Waals surface area contributed by atoms with Gasteiger partial charge in [-0.05, 0) is 6.42 Å². The van der Waals surface area contributed by atoms with Crippen LogP contribution in [0.2, 0.25) is 0 Å². The van der Waals surface area contributed by atoms with E-state index in [0.717, 1.165) is 12.8 Å². The van der Waals surface area contributed by atoms with Crippen LogP contribution < -0.4 is 5.11 Å². The summed E-state index contributed by atoms with van der Waals surface area (Å²) in [5.41, 5.74) is 0. The molecule has 1 atom stereocenters. The molecule has 0 amide bonds. The minimum absolute atomic E-state index is 0.0814. The number of quaternary nitrogens is 1. The van der Waals surface area contributed by atoms with Gasteiger partial charge in [0.2, 0.25) is 0 Å². The molecule has 8 heteroatoms. The van der Waals surface area contributed by atoms with Gasteiger partial charge in [-0.3, -0.25) is 4.55 Å². The third-order valence-electron chi connectivity index (χ3n) is 3.42. The molecule has 0 unspecified atom stereocenters. The van der Waals surface area contributed by atoms with Gasteiger partial charge in [-0.1, -0.05) is 51.9 Å². The number of hydrogen-bond donors (Lipinski definition) is 2. The smallest absolute Gasteiger partial charge is 0.264 e. The van der Waals surface area contributed by atoms with Crippen LogP contribution in [0, 0.1) is 0 Å². The lowest BCUT2D eigenvalue weighted by molar-refractivity contribution is -0.873. The molecule has 0 aromatic carbocycles. The van der Waals surface area contributed by atoms with Crippen LogP contribution in [0.1, 0.15) is 64.7 Å². The van der Waals surface area contributed by atoms with Gasteiger partial charge < -0.3 is 19.5 Å². The van der Waals surface area contributed by atoms with Crippen LogP contribution in [-0.4, -0.2) is 68.1 Å². The SMILES string of the molecule is CCCCCCCCCCS(=O)(=O)O.C[N+](C)(C)C[C@H](O)CC(=O)[O-]. The Morgan fingerprint density at radius 3 is 1.80 bits per heavy atom. The molecule has 0 fully saturated rings. The minimum Gasteiger partial charge on any atom is -0.550 e. The van der Waals surface area contributed by atoms with Gasteiger partial charge in [0.15, 0.2) is 0 Å². The highest BCUT2D eigenvalue weighted by atomic mass is 32.2. The summed E-state index contributed by atoms with van der Waals surface area (Å²) in [6.45, 7) is 2.61. The predicted molar refractivity (Wildman–Crippen MR) is 97.6 cm³/mol. The molecule has 0 rings (SSSR count). The Hall–Kier alpha value is -0.700. The van der Waals surface area contributed by atoms with Gasteiger partial charge in [-0.25, -0.2) is 0 Å². The predicted octanol–water partition coefficient (Wildman–Crippen LogP) is 1.21. The van der Waals surface area contributed by atoms with Crippen LogP contribution in [-0.2, 0) is 14.9 Å². The van der Waals surface area contributed by atoms with Gasteiger partial charge >= 0.3 is 0 Å². The molecular formula is C17H37NO6S. The summed E-state index contributed by atoms with van der Waals surface area (Å²) in [5.74, 6) is -1.28. The fourth-order valence-corrected chi connectivity index (χ4v) is 2.88. The standard InChI is InChI=1S/C10H22O3S.C7H15NO3/c1-2-3-4-5-6-7-8-9-10-14(11,12)13;1-8(2,3)5-6(9)4-7(10)11/h2-10H2,1H3,(H,11,12,13);6,9H,4-5H2,1-3H3/t;6-/m.1/s1. The number of carboxylic acid groups (broad SMARTS) is 1. The van der Waals surface area contributed by atoms with Crippen molar-refractivity contribution in [2.75, 3.05) is 33.4 Å². The average molecular weight is 384 g/mol. The summed E-state index contributed by atoms with van der Waals surface area (Å²) >= 11 is 0. The van der Waals surface area contributed by atoms with Crippen molar-refractivity contribution in [2.24, 2.45) is 0 Å². The second kappa shape index (κ2) is 14.5. The molecule has 0 aliphatic rings. The van der Waals surface area contributed by atoms with Crippen LogP contribution >= 0.6 is 0 Å². The van der Waals surface area contributed by atoms with Crippen LogP contribution in [0.4, 0.5) is 0 Å². The molecule has 0 bridgehead atoms. The first kappa shape index (κ1) is 26.5. The summed E-state index contributed by atoms with van der Waals surface area (Å²) < 4.78 is 29.7. The Morgan fingerprint density at radius 1 is 1.00 bits per heavy atom. The first-order valence-corrected chi connectivity index (χ1v) is 10.6. The van der Waals surface area contributed by atoms with Crippen molar-refractivity contribution < 1.29 is 32.5 Å². The molecule has 0 saturated heterocycles. The first-order chi connectivity index (χ1) is 11.4. The lowest BCUT2D eigenvalue weighted by Crippen LogP contribution is -2.43. The van der Waals surface area contributed by atoms with E-state index >= 15 is 0 Å². The number of carbonyl (C=O) groups is 1. The number of unbranched alkanes of at least 4 members (excludes halogenated alkanes) is 7. The number of carboxylic acids is 1. The van der Waals surface area contributed by atoms with Crippen molar-refractivity contribution in [3.8, 4) is 0 Å². The molecular weight excluding hydrogens is 346 g/mol. The van der Waals surface area contributed by atoms with E-state index < -0.39 is 22.2 Å². The molecule has 2 N–H and O–H groups in total. The normalized spacial score (nSPS) is 13.0. The molecule has 0 radical (unpaired) electrons. The number of hydrogen-bond acceptors (Lipinski definition) is 5. The topological polar surface area (TPSA) is 115 Å². The number of carbonyl (C=O) groups excluding carboxylic acids is 1. The highest BCUT2D eigenvalue weighted by molar-refractivity contribution is 7.85. The molecule has 0 aliphatic heterocycles. The summed E-state index contributed by atoms with van der Waals surface area (Å²) in [4.78, 5) is 10.0. The lowest BCUT2D eigenvalue weighted by Gasteiger charge is -2.26. The summed E-state index contributed by atoms with van der Waals surface area (Å²) in [7, 11) is 1.94. The molecule has 0 aromatic rings. The number of likely N-dealkylation sites (N-methyl/N-ethyl adjacent to an activating group) is 1. The van der Waals surface area contributed by atoms with Crippen molar-refractivity contribution in [3.63, 3.8) is 0 Å². The van der Waals surface area contributed by atoms with Gasteiger partial charge in [0.25, 0.3) is 10.1 Å². The van der Waals surface area contributed by atoms with E-state index in [-0.39, 0.29) is 12.2 Å². The van der Waals surface area contributed by atoms with Gasteiger partial charge in [-0.2, -0.15) is 8.42 Å². The molecule has 0 aromatic heterocycles. The largest absolute Gasteiger partial charge is 0.550 e. The fourth-order valence-electron chi connectivity index (χ4n) is 2.31. The number of aliphatic hydroxyl groups excluding tert-OH is 1. The van der Waals surface area contributed by atoms with E-state index in [1.165, 1.54) is 32.1 Å². The van der Waals surface area contributed by atoms with Crippen LogP contribution in [0.25, 0.3) is 0 Å². The van der Waals surface area contributed by atoms with Crippen LogP contribution in [0.5, 0.6) is 0 Å². The first-order valence-electron chi connectivity index (χ1n) is 9.01. The Kier molecular flexibility index (Phi) is 15.4. The molecule has 0 aliphatic carbocycles. The van der Waals surface area contributed by atoms with Gasteiger partial charge in [0, 0.05) is 12.4 Å². The summed E-state index contributed by atoms with van der Waals surface area (Å²) in [6, 6.07) is 0. The minimum atomic E-state index is -3.73. The molecule has 0 heterocycles. The zero-order chi connectivity index (χ0) is 19.9. The Bertz CT molecular complexity index is 431. The van der Waals surface area contributed by atoms with E-state index in [2.05, 4.69) is 6.92 Å². The molecule has 0 spiro atoms. The van der Waals surface area contributed by atoms with Crippen molar-refractivity contribution in [1.82, 2.24) is 0 Å². The van der Waals surface area contributed by atoms with Gasteiger partial charge in [0.1, 0.15) is 12.6 Å². The second-order valence-corrected chi connectivity index (χ2v) is 9.04. The number of aliphatic carboxylic acids is 1. The van der Waals surface area contributed by atoms with E-state index in [9.17, 15) is 18.3 Å². The Labute approximate surface area is 153 Å². The molecule has 152 valence electrons. The highest BCUT2D eigenvalue weighted by Crippen LogP contribution is 2.08. The number of aliphatic hydroxyl groups is 1. The lowest BCUT2D eigenvalue weighted by atomic mass is 10.1. The number of nitrogens with zero attached hydrogens (tertiary/aromatic N) is 1. The zero-order valence-electron chi connectivity index (χ0n) is 16.2. The maximum atomic E-state index is 10.4. The van der Waals surface area contributed by atoms with Crippen molar-refractivity contribution in [3.05, 3.63) is 0 Å². The second-order valence-electron chi connectivity index (χ2n) is 7.46. The maximum Gasteiger partial charge on any atom is 0.264 e. The Balaban J connectivity index is 0. The summed E-state index contributed by atoms with van der Waals surface area (Å²) in [5, 5.41) is 19.1. The molecule has 25 heavy (non-hydrogen) atoms. The third-order valence-corrected chi connectivity index (χ3v) is 4.22. The average Bonchev–Trinajstić information content (AvgIpc) is 2.38.